The largest absolute Gasteiger partial charge is 0.368 e. The van der Waals surface area contributed by atoms with E-state index in [4.69, 9.17) is 5.73 Å². The molecule has 2 N–H and O–H groups in total. The predicted octanol–water partition coefficient (Wildman–Crippen LogP) is 5.35. The molecule has 5 heteroatoms. The maximum atomic E-state index is 6.08. The highest BCUT2D eigenvalue weighted by Gasteiger charge is 2.18. The van der Waals surface area contributed by atoms with Crippen LogP contribution in [-0.2, 0) is 6.42 Å². The normalized spacial score (nSPS) is 11.1. The first-order valence-corrected chi connectivity index (χ1v) is 9.64. The van der Waals surface area contributed by atoms with E-state index in [0.29, 0.717) is 5.95 Å². The van der Waals surface area contributed by atoms with Gasteiger partial charge in [0.05, 0.1) is 22.0 Å². The summed E-state index contributed by atoms with van der Waals surface area (Å²) in [7, 11) is 0. The van der Waals surface area contributed by atoms with Gasteiger partial charge in [-0.15, -0.1) is 11.3 Å². The van der Waals surface area contributed by atoms with Crippen LogP contribution in [0.5, 0.6) is 0 Å². The molecule has 0 saturated carbocycles. The summed E-state index contributed by atoms with van der Waals surface area (Å²) in [6.07, 6.45) is 4.88. The fraction of sp³-hybridized carbons (Fsp3) is 0.190. The van der Waals surface area contributed by atoms with E-state index in [9.17, 15) is 0 Å². The molecule has 4 rings (SSSR count). The second kappa shape index (κ2) is 7.22. The smallest absolute Gasteiger partial charge is 0.221 e. The Balaban J connectivity index is 1.94. The molecule has 0 bridgehead atoms. The Kier molecular flexibility index (Phi) is 4.63. The van der Waals surface area contributed by atoms with Crippen LogP contribution < -0.4 is 5.73 Å². The quantitative estimate of drug-likeness (QED) is 0.521. The van der Waals surface area contributed by atoms with Gasteiger partial charge in [-0.1, -0.05) is 37.6 Å². The Morgan fingerprint density at radius 3 is 2.58 bits per heavy atom. The third kappa shape index (κ3) is 3.18. The molecule has 3 aromatic heterocycles. The van der Waals surface area contributed by atoms with Crippen LogP contribution in [0.25, 0.3) is 32.0 Å². The second-order valence-corrected chi connectivity index (χ2v) is 7.31. The predicted molar refractivity (Wildman–Crippen MR) is 109 cm³/mol. The number of nitrogens with two attached hydrogens (primary N) is 1. The molecule has 130 valence electrons. The van der Waals surface area contributed by atoms with E-state index in [1.54, 1.807) is 17.5 Å². The van der Waals surface area contributed by atoms with Crippen molar-refractivity contribution in [3.63, 3.8) is 0 Å². The highest BCUT2D eigenvalue weighted by atomic mass is 32.1. The van der Waals surface area contributed by atoms with Gasteiger partial charge in [0.2, 0.25) is 5.95 Å². The second-order valence-electron chi connectivity index (χ2n) is 6.22. The van der Waals surface area contributed by atoms with E-state index in [0.717, 1.165) is 46.8 Å². The first-order chi connectivity index (χ1) is 12.8. The van der Waals surface area contributed by atoms with Crippen molar-refractivity contribution >= 4 is 27.4 Å². The minimum Gasteiger partial charge on any atom is -0.368 e. The molecule has 0 radical (unpaired) electrons. The van der Waals surface area contributed by atoms with Gasteiger partial charge in [-0.25, -0.2) is 9.97 Å². The number of hydrogen-bond donors (Lipinski definition) is 1. The zero-order valence-electron chi connectivity index (χ0n) is 14.6. The lowest BCUT2D eigenvalue weighted by Gasteiger charge is -2.13. The summed E-state index contributed by atoms with van der Waals surface area (Å²) in [5.41, 5.74) is 9.84. The number of nitrogen functional groups attached to an aromatic ring is 1. The number of pyridine rings is 1. The molecular formula is C21H20N4S. The summed E-state index contributed by atoms with van der Waals surface area (Å²) in [6, 6.07) is 16.4. The van der Waals surface area contributed by atoms with Crippen LogP contribution in [0.3, 0.4) is 0 Å². The number of hydrogen-bond acceptors (Lipinski definition) is 5. The third-order valence-electron chi connectivity index (χ3n) is 4.37. The molecule has 4 nitrogen and oxygen atoms in total. The molecule has 26 heavy (non-hydrogen) atoms. The Morgan fingerprint density at radius 1 is 1.00 bits per heavy atom. The van der Waals surface area contributed by atoms with Gasteiger partial charge in [-0.2, -0.15) is 0 Å². The lowest BCUT2D eigenvalue weighted by molar-refractivity contribution is 0.791. The van der Waals surface area contributed by atoms with Crippen LogP contribution in [0, 0.1) is 0 Å². The summed E-state index contributed by atoms with van der Waals surface area (Å²) < 4.78 is 1.25. The van der Waals surface area contributed by atoms with E-state index in [-0.39, 0.29) is 0 Å². The molecule has 0 spiro atoms. The Morgan fingerprint density at radius 2 is 1.81 bits per heavy atom. The van der Waals surface area contributed by atoms with Crippen LogP contribution >= 0.6 is 11.3 Å². The number of benzene rings is 1. The first-order valence-electron chi connectivity index (χ1n) is 8.83. The van der Waals surface area contributed by atoms with Crippen LogP contribution in [-0.4, -0.2) is 15.0 Å². The van der Waals surface area contributed by atoms with Crippen LogP contribution in [0.4, 0.5) is 5.95 Å². The molecule has 0 atom stereocenters. The number of unbranched alkanes of at least 4 members (excludes halogenated alkanes) is 1. The topological polar surface area (TPSA) is 64.7 Å². The lowest BCUT2D eigenvalue weighted by atomic mass is 10.0. The summed E-state index contributed by atoms with van der Waals surface area (Å²) in [6.45, 7) is 2.19. The maximum absolute atomic E-state index is 6.08. The SMILES string of the molecule is CCCCc1c(-c2ccccn2)nc(N)nc1-c1cc2ccccc2s1. The van der Waals surface area contributed by atoms with E-state index in [2.05, 4.69) is 52.2 Å². The van der Waals surface area contributed by atoms with Gasteiger partial charge >= 0.3 is 0 Å². The van der Waals surface area contributed by atoms with E-state index < -0.39 is 0 Å². The Bertz CT molecular complexity index is 1010. The summed E-state index contributed by atoms with van der Waals surface area (Å²) >= 11 is 1.74. The number of thiophene rings is 1. The monoisotopic (exact) mass is 360 g/mol. The van der Waals surface area contributed by atoms with Crippen LogP contribution in [0.2, 0.25) is 0 Å². The maximum Gasteiger partial charge on any atom is 0.221 e. The van der Waals surface area contributed by atoms with Gasteiger partial charge in [0, 0.05) is 16.5 Å². The zero-order valence-corrected chi connectivity index (χ0v) is 15.5. The van der Waals surface area contributed by atoms with Gasteiger partial charge in [0.15, 0.2) is 0 Å². The van der Waals surface area contributed by atoms with Crippen molar-refractivity contribution in [2.75, 3.05) is 5.73 Å². The van der Waals surface area contributed by atoms with Gasteiger partial charge in [0.1, 0.15) is 0 Å². The lowest BCUT2D eigenvalue weighted by Crippen LogP contribution is -2.05. The average molecular weight is 360 g/mol. The zero-order chi connectivity index (χ0) is 17.9. The van der Waals surface area contributed by atoms with Crippen molar-refractivity contribution in [2.45, 2.75) is 26.2 Å². The third-order valence-corrected chi connectivity index (χ3v) is 5.49. The number of aromatic nitrogens is 3. The Hall–Kier alpha value is -2.79. The molecule has 4 aromatic rings. The molecule has 0 aliphatic rings. The molecular weight excluding hydrogens is 340 g/mol. The van der Waals surface area contributed by atoms with Crippen molar-refractivity contribution < 1.29 is 0 Å². The van der Waals surface area contributed by atoms with Crippen molar-refractivity contribution in [3.8, 4) is 22.0 Å². The number of rotatable bonds is 5. The minimum absolute atomic E-state index is 0.290. The van der Waals surface area contributed by atoms with Crippen LogP contribution in [0.1, 0.15) is 25.3 Å². The van der Waals surface area contributed by atoms with E-state index in [1.807, 2.05) is 18.2 Å². The molecule has 0 amide bonds. The molecule has 0 unspecified atom stereocenters. The van der Waals surface area contributed by atoms with Gasteiger partial charge < -0.3 is 5.73 Å². The molecule has 0 aliphatic heterocycles. The minimum atomic E-state index is 0.290. The highest BCUT2D eigenvalue weighted by Crippen LogP contribution is 2.37. The molecule has 1 aromatic carbocycles. The number of anilines is 1. The molecule has 0 saturated heterocycles. The average Bonchev–Trinajstić information content (AvgIpc) is 3.11. The fourth-order valence-electron chi connectivity index (χ4n) is 3.11. The highest BCUT2D eigenvalue weighted by molar-refractivity contribution is 7.22. The van der Waals surface area contributed by atoms with E-state index >= 15 is 0 Å². The first kappa shape index (κ1) is 16.7. The Labute approximate surface area is 156 Å². The summed E-state index contributed by atoms with van der Waals surface area (Å²) in [5.74, 6) is 0.290. The van der Waals surface area contributed by atoms with Crippen molar-refractivity contribution in [3.05, 3.63) is 60.3 Å². The van der Waals surface area contributed by atoms with Crippen LogP contribution in [0.15, 0.2) is 54.7 Å². The van der Waals surface area contributed by atoms with Gasteiger partial charge in [-0.05, 0) is 42.5 Å². The standard InChI is InChI=1S/C21H20N4S/c1-2-3-9-15-19(16-10-6-7-12-23-16)24-21(22)25-20(15)18-13-14-8-4-5-11-17(14)26-18/h4-8,10-13H,2-3,9H2,1H3,(H2,22,24,25). The summed E-state index contributed by atoms with van der Waals surface area (Å²) in [5, 5.41) is 1.23. The fourth-order valence-corrected chi connectivity index (χ4v) is 4.19. The van der Waals surface area contributed by atoms with Crippen molar-refractivity contribution in [1.29, 1.82) is 0 Å². The molecule has 0 aliphatic carbocycles. The van der Waals surface area contributed by atoms with Gasteiger partial charge in [0.25, 0.3) is 0 Å². The van der Waals surface area contributed by atoms with Crippen molar-refractivity contribution in [2.24, 2.45) is 0 Å². The van der Waals surface area contributed by atoms with Gasteiger partial charge in [-0.3, -0.25) is 4.98 Å². The molecule has 0 fully saturated rings. The van der Waals surface area contributed by atoms with E-state index in [1.165, 1.54) is 10.1 Å². The number of nitrogens with zero attached hydrogens (tertiary/aromatic N) is 3. The van der Waals surface area contributed by atoms with Crippen molar-refractivity contribution in [1.82, 2.24) is 15.0 Å². The number of fused-ring (bicyclic) bond motifs is 1. The molecule has 3 heterocycles. The summed E-state index contributed by atoms with van der Waals surface area (Å²) in [4.78, 5) is 14.8.